The van der Waals surface area contributed by atoms with Crippen molar-refractivity contribution in [3.8, 4) is 0 Å². The Bertz CT molecular complexity index is 851. The molecule has 0 saturated carbocycles. The number of thioether (sulfide) groups is 1. The molecule has 3 aromatic carbocycles. The molecule has 1 aliphatic rings. The summed E-state index contributed by atoms with van der Waals surface area (Å²) in [6.07, 6.45) is 0. The summed E-state index contributed by atoms with van der Waals surface area (Å²) >= 11 is 1.88. The molecule has 0 spiro atoms. The van der Waals surface area contributed by atoms with Gasteiger partial charge in [-0.25, -0.2) is 4.79 Å². The van der Waals surface area contributed by atoms with Gasteiger partial charge in [-0.3, -0.25) is 0 Å². The summed E-state index contributed by atoms with van der Waals surface area (Å²) in [5.41, 5.74) is 4.20. The van der Waals surface area contributed by atoms with Gasteiger partial charge in [0.25, 0.3) is 0 Å². The van der Waals surface area contributed by atoms with Crippen LogP contribution in [0.5, 0.6) is 0 Å². The fourth-order valence-corrected chi connectivity index (χ4v) is 5.01. The van der Waals surface area contributed by atoms with Crippen molar-refractivity contribution < 1.29 is 9.53 Å². The molecule has 1 unspecified atom stereocenters. The van der Waals surface area contributed by atoms with Crippen LogP contribution in [0.1, 0.15) is 32.3 Å². The van der Waals surface area contributed by atoms with E-state index >= 15 is 0 Å². The van der Waals surface area contributed by atoms with Gasteiger partial charge >= 0.3 is 5.97 Å². The van der Waals surface area contributed by atoms with Gasteiger partial charge < -0.3 is 4.74 Å². The van der Waals surface area contributed by atoms with Crippen LogP contribution in [0.25, 0.3) is 0 Å². The summed E-state index contributed by atoms with van der Waals surface area (Å²) in [5, 5.41) is 0.188. The highest BCUT2D eigenvalue weighted by Gasteiger charge is 2.59. The molecule has 3 heteroatoms. The van der Waals surface area contributed by atoms with Crippen LogP contribution in [0, 0.1) is 0 Å². The molecule has 1 atom stereocenters. The van der Waals surface area contributed by atoms with Gasteiger partial charge in [-0.1, -0.05) is 78.9 Å². The maximum Gasteiger partial charge on any atom is 0.338 e. The number of methoxy groups -OCH3 is 1. The lowest BCUT2D eigenvalue weighted by atomic mass is 9.84. The minimum Gasteiger partial charge on any atom is -0.465 e. The Labute approximate surface area is 151 Å². The second-order valence-electron chi connectivity index (χ2n) is 6.04. The Hall–Kier alpha value is -2.52. The second kappa shape index (κ2) is 6.41. The highest BCUT2D eigenvalue weighted by molar-refractivity contribution is 8.07. The second-order valence-corrected chi connectivity index (χ2v) is 7.40. The normalized spacial score (nSPS) is 17.7. The number of carbonyl (C=O) groups excluding carboxylic acids is 1. The number of hydrogen-bond donors (Lipinski definition) is 0. The maximum atomic E-state index is 12.2. The minimum atomic E-state index is -0.280. The fourth-order valence-electron chi connectivity index (χ4n) is 3.43. The molecule has 0 bridgehead atoms. The molecule has 0 N–H and O–H groups in total. The SMILES string of the molecule is COC(=O)c1ccccc1C1SC1(c1ccccc1)c1ccccc1. The molecule has 0 radical (unpaired) electrons. The summed E-state index contributed by atoms with van der Waals surface area (Å²) in [4.78, 5) is 12.2. The van der Waals surface area contributed by atoms with Crippen LogP contribution in [-0.4, -0.2) is 13.1 Å². The van der Waals surface area contributed by atoms with E-state index in [1.165, 1.54) is 18.2 Å². The van der Waals surface area contributed by atoms with Crippen LogP contribution < -0.4 is 0 Å². The summed E-state index contributed by atoms with van der Waals surface area (Å²) in [6.45, 7) is 0. The predicted molar refractivity (Wildman–Crippen MR) is 102 cm³/mol. The summed E-state index contributed by atoms with van der Waals surface area (Å²) in [6, 6.07) is 28.8. The van der Waals surface area contributed by atoms with E-state index in [0.29, 0.717) is 5.56 Å². The topological polar surface area (TPSA) is 26.3 Å². The molecule has 3 aromatic rings. The average Bonchev–Trinajstić information content (AvgIpc) is 3.45. The molecule has 1 fully saturated rings. The first-order chi connectivity index (χ1) is 12.3. The smallest absolute Gasteiger partial charge is 0.338 e. The number of rotatable bonds is 4. The molecular weight excluding hydrogens is 328 g/mol. The maximum absolute atomic E-state index is 12.2. The van der Waals surface area contributed by atoms with Crippen molar-refractivity contribution >= 4 is 17.7 Å². The third-order valence-corrected chi connectivity index (χ3v) is 6.34. The Kier molecular flexibility index (Phi) is 4.10. The Morgan fingerprint density at radius 3 is 1.92 bits per heavy atom. The van der Waals surface area contributed by atoms with E-state index < -0.39 is 0 Å². The Balaban J connectivity index is 1.84. The fraction of sp³-hybridized carbons (Fsp3) is 0.136. The van der Waals surface area contributed by atoms with Crippen LogP contribution in [0.4, 0.5) is 0 Å². The number of benzene rings is 3. The largest absolute Gasteiger partial charge is 0.465 e. The van der Waals surface area contributed by atoms with E-state index in [4.69, 9.17) is 4.74 Å². The molecule has 25 heavy (non-hydrogen) atoms. The Morgan fingerprint density at radius 1 is 0.840 bits per heavy atom. The molecular formula is C22H18O2S. The zero-order chi connectivity index (χ0) is 17.3. The third kappa shape index (κ3) is 2.65. The zero-order valence-corrected chi connectivity index (χ0v) is 14.7. The third-order valence-electron chi connectivity index (χ3n) is 4.67. The highest BCUT2D eigenvalue weighted by atomic mass is 32.2. The molecule has 0 aromatic heterocycles. The molecule has 124 valence electrons. The van der Waals surface area contributed by atoms with Crippen LogP contribution >= 0.6 is 11.8 Å². The van der Waals surface area contributed by atoms with E-state index in [-0.39, 0.29) is 16.0 Å². The van der Waals surface area contributed by atoms with E-state index in [9.17, 15) is 4.79 Å². The first kappa shape index (κ1) is 16.0. The van der Waals surface area contributed by atoms with Gasteiger partial charge in [0.2, 0.25) is 0 Å². The van der Waals surface area contributed by atoms with Gasteiger partial charge in [-0.2, -0.15) is 0 Å². The monoisotopic (exact) mass is 346 g/mol. The summed E-state index contributed by atoms with van der Waals surface area (Å²) in [7, 11) is 1.43. The lowest BCUT2D eigenvalue weighted by Crippen LogP contribution is -2.13. The van der Waals surface area contributed by atoms with Crippen molar-refractivity contribution in [3.05, 3.63) is 107 Å². The lowest BCUT2D eigenvalue weighted by molar-refractivity contribution is 0.0599. The van der Waals surface area contributed by atoms with Gasteiger partial charge in [0, 0.05) is 0 Å². The molecule has 0 amide bonds. The first-order valence-corrected chi connectivity index (χ1v) is 9.11. The van der Waals surface area contributed by atoms with Crippen molar-refractivity contribution in [2.45, 2.75) is 10.00 Å². The number of ether oxygens (including phenoxy) is 1. The van der Waals surface area contributed by atoms with E-state index in [1.807, 2.05) is 48.2 Å². The molecule has 1 aliphatic heterocycles. The van der Waals surface area contributed by atoms with Crippen molar-refractivity contribution in [1.29, 1.82) is 0 Å². The standard InChI is InChI=1S/C22H18O2S/c1-24-21(23)19-15-9-8-14-18(19)20-22(25-20,16-10-4-2-5-11-16)17-12-6-3-7-13-17/h2-15,20H,1H3. The van der Waals surface area contributed by atoms with Gasteiger partial charge in [-0.15, -0.1) is 11.8 Å². The number of carbonyl (C=O) groups is 1. The van der Waals surface area contributed by atoms with Crippen molar-refractivity contribution in [1.82, 2.24) is 0 Å². The number of hydrogen-bond acceptors (Lipinski definition) is 3. The molecule has 1 saturated heterocycles. The van der Waals surface area contributed by atoms with Crippen LogP contribution in [0.2, 0.25) is 0 Å². The van der Waals surface area contributed by atoms with Crippen molar-refractivity contribution in [2.24, 2.45) is 0 Å². The van der Waals surface area contributed by atoms with Gasteiger partial charge in [0.15, 0.2) is 0 Å². The quantitative estimate of drug-likeness (QED) is 0.479. The van der Waals surface area contributed by atoms with Crippen molar-refractivity contribution in [2.75, 3.05) is 7.11 Å². The van der Waals surface area contributed by atoms with Gasteiger partial charge in [0.1, 0.15) is 0 Å². The number of esters is 1. The summed E-state index contributed by atoms with van der Waals surface area (Å²) < 4.78 is 4.83. The van der Waals surface area contributed by atoms with Crippen LogP contribution in [0.15, 0.2) is 84.9 Å². The van der Waals surface area contributed by atoms with Crippen LogP contribution in [0.3, 0.4) is 0 Å². The molecule has 2 nitrogen and oxygen atoms in total. The lowest BCUT2D eigenvalue weighted by Gasteiger charge is -2.18. The molecule has 4 rings (SSSR count). The molecule has 0 aliphatic carbocycles. The van der Waals surface area contributed by atoms with E-state index in [0.717, 1.165) is 5.56 Å². The van der Waals surface area contributed by atoms with Crippen molar-refractivity contribution in [3.63, 3.8) is 0 Å². The first-order valence-electron chi connectivity index (χ1n) is 8.23. The van der Waals surface area contributed by atoms with Gasteiger partial charge in [0.05, 0.1) is 22.7 Å². The highest BCUT2D eigenvalue weighted by Crippen LogP contribution is 2.74. The predicted octanol–water partition coefficient (Wildman–Crippen LogP) is 5.20. The van der Waals surface area contributed by atoms with E-state index in [2.05, 4.69) is 48.5 Å². The Morgan fingerprint density at radius 2 is 1.36 bits per heavy atom. The average molecular weight is 346 g/mol. The van der Waals surface area contributed by atoms with Gasteiger partial charge in [-0.05, 0) is 22.8 Å². The molecule has 1 heterocycles. The minimum absolute atomic E-state index is 0.160. The van der Waals surface area contributed by atoms with E-state index in [1.54, 1.807) is 0 Å². The zero-order valence-electron chi connectivity index (χ0n) is 13.9. The van der Waals surface area contributed by atoms with Crippen LogP contribution in [-0.2, 0) is 9.48 Å². The summed E-state index contributed by atoms with van der Waals surface area (Å²) in [5.74, 6) is -0.280.